The van der Waals surface area contributed by atoms with Gasteiger partial charge in [-0.25, -0.2) is 0 Å². The van der Waals surface area contributed by atoms with E-state index in [0.29, 0.717) is 5.69 Å². The van der Waals surface area contributed by atoms with Gasteiger partial charge in [0, 0.05) is 18.9 Å². The highest BCUT2D eigenvalue weighted by Crippen LogP contribution is 2.24. The summed E-state index contributed by atoms with van der Waals surface area (Å²) in [6.45, 7) is 2.26. The molecule has 1 aromatic heterocycles. The SMILES string of the molecule is Cc1ccc(-n2ccc3c(c2=O)NC(=O)CN3C)cc1. The number of anilines is 2. The molecule has 0 bridgehead atoms. The molecule has 1 N–H and O–H groups in total. The lowest BCUT2D eigenvalue weighted by Crippen LogP contribution is -2.39. The number of hydrogen-bond acceptors (Lipinski definition) is 3. The second-order valence-electron chi connectivity index (χ2n) is 4.99. The maximum absolute atomic E-state index is 12.5. The molecule has 0 aliphatic carbocycles. The predicted octanol–water partition coefficient (Wildman–Crippen LogP) is 1.53. The smallest absolute Gasteiger partial charge is 0.281 e. The highest BCUT2D eigenvalue weighted by molar-refractivity contribution is 6.00. The van der Waals surface area contributed by atoms with Crippen molar-refractivity contribution in [2.75, 3.05) is 23.8 Å². The Labute approximate surface area is 116 Å². The van der Waals surface area contributed by atoms with Crippen LogP contribution in [0.2, 0.25) is 0 Å². The Morgan fingerprint density at radius 2 is 1.80 bits per heavy atom. The molecule has 1 aliphatic heterocycles. The van der Waals surface area contributed by atoms with Gasteiger partial charge < -0.3 is 10.2 Å². The first-order valence-corrected chi connectivity index (χ1v) is 6.40. The molecule has 0 saturated carbocycles. The Morgan fingerprint density at radius 1 is 1.10 bits per heavy atom. The summed E-state index contributed by atoms with van der Waals surface area (Å²) in [4.78, 5) is 25.9. The van der Waals surface area contributed by atoms with Crippen molar-refractivity contribution in [3.8, 4) is 5.69 Å². The molecule has 2 heterocycles. The fourth-order valence-corrected chi connectivity index (χ4v) is 2.35. The minimum Gasteiger partial charge on any atom is -0.363 e. The van der Waals surface area contributed by atoms with E-state index in [9.17, 15) is 9.59 Å². The molecule has 0 atom stereocenters. The second-order valence-corrected chi connectivity index (χ2v) is 4.99. The third-order valence-electron chi connectivity index (χ3n) is 3.44. The van der Waals surface area contributed by atoms with E-state index in [1.165, 1.54) is 4.57 Å². The van der Waals surface area contributed by atoms with Gasteiger partial charge in [-0.1, -0.05) is 17.7 Å². The number of aromatic nitrogens is 1. The number of nitrogens with zero attached hydrogens (tertiary/aromatic N) is 2. The van der Waals surface area contributed by atoms with E-state index in [0.717, 1.165) is 16.9 Å². The van der Waals surface area contributed by atoms with Crippen LogP contribution in [0.1, 0.15) is 5.56 Å². The number of benzene rings is 1. The molecule has 5 heteroatoms. The van der Waals surface area contributed by atoms with Crippen molar-refractivity contribution in [1.29, 1.82) is 0 Å². The first kappa shape index (κ1) is 12.5. The van der Waals surface area contributed by atoms with E-state index in [4.69, 9.17) is 0 Å². The lowest BCUT2D eigenvalue weighted by molar-refractivity contribution is -0.115. The lowest BCUT2D eigenvalue weighted by Gasteiger charge is -2.27. The van der Waals surface area contributed by atoms with E-state index in [-0.39, 0.29) is 18.0 Å². The quantitative estimate of drug-likeness (QED) is 0.854. The van der Waals surface area contributed by atoms with Gasteiger partial charge in [-0.2, -0.15) is 0 Å². The molecule has 1 amide bonds. The van der Waals surface area contributed by atoms with Crippen LogP contribution in [0.25, 0.3) is 5.69 Å². The summed E-state index contributed by atoms with van der Waals surface area (Å²) in [5.41, 5.74) is 2.79. The van der Waals surface area contributed by atoms with Crippen LogP contribution < -0.4 is 15.8 Å². The van der Waals surface area contributed by atoms with Crippen molar-refractivity contribution < 1.29 is 4.79 Å². The van der Waals surface area contributed by atoms with Crippen molar-refractivity contribution in [1.82, 2.24) is 4.57 Å². The van der Waals surface area contributed by atoms with Gasteiger partial charge in [0.05, 0.1) is 12.2 Å². The molecule has 0 fully saturated rings. The molecule has 0 saturated heterocycles. The van der Waals surface area contributed by atoms with Gasteiger partial charge >= 0.3 is 0 Å². The van der Waals surface area contributed by atoms with Crippen LogP contribution in [0, 0.1) is 6.92 Å². The van der Waals surface area contributed by atoms with Crippen LogP contribution >= 0.6 is 0 Å². The highest BCUT2D eigenvalue weighted by atomic mass is 16.2. The van der Waals surface area contributed by atoms with Crippen molar-refractivity contribution in [2.24, 2.45) is 0 Å². The van der Waals surface area contributed by atoms with Crippen molar-refractivity contribution in [3.05, 3.63) is 52.4 Å². The summed E-state index contributed by atoms with van der Waals surface area (Å²) in [5, 5.41) is 2.67. The van der Waals surface area contributed by atoms with Gasteiger partial charge in [0.2, 0.25) is 5.91 Å². The molecule has 3 rings (SSSR count). The lowest BCUT2D eigenvalue weighted by atomic mass is 10.2. The molecule has 0 unspecified atom stereocenters. The summed E-state index contributed by atoms with van der Waals surface area (Å²) < 4.78 is 1.54. The number of amides is 1. The molecule has 0 spiro atoms. The zero-order valence-corrected chi connectivity index (χ0v) is 11.4. The van der Waals surface area contributed by atoms with E-state index in [1.807, 2.05) is 37.3 Å². The zero-order chi connectivity index (χ0) is 14.3. The monoisotopic (exact) mass is 269 g/mol. The van der Waals surface area contributed by atoms with Gasteiger partial charge in [-0.15, -0.1) is 0 Å². The van der Waals surface area contributed by atoms with Gasteiger partial charge in [0.15, 0.2) is 0 Å². The van der Waals surface area contributed by atoms with E-state index >= 15 is 0 Å². The number of aryl methyl sites for hydroxylation is 1. The van der Waals surface area contributed by atoms with Crippen molar-refractivity contribution in [3.63, 3.8) is 0 Å². The van der Waals surface area contributed by atoms with Crippen LogP contribution in [0.3, 0.4) is 0 Å². The third kappa shape index (κ3) is 1.97. The van der Waals surface area contributed by atoms with Gasteiger partial charge in [0.25, 0.3) is 5.56 Å². The summed E-state index contributed by atoms with van der Waals surface area (Å²) in [6, 6.07) is 9.52. The number of rotatable bonds is 1. The fourth-order valence-electron chi connectivity index (χ4n) is 2.35. The molecule has 1 aromatic carbocycles. The van der Waals surface area contributed by atoms with E-state index < -0.39 is 0 Å². The molecule has 0 radical (unpaired) electrons. The standard InChI is InChI=1S/C15H15N3O2/c1-10-3-5-11(6-4-10)18-8-7-12-14(15(18)20)16-13(19)9-17(12)2/h3-8H,9H2,1-2H3,(H,16,19). The Morgan fingerprint density at radius 3 is 2.50 bits per heavy atom. The number of carbonyl (C=O) groups excluding carboxylic acids is 1. The summed E-state index contributed by atoms with van der Waals surface area (Å²) in [6.07, 6.45) is 1.74. The second kappa shape index (κ2) is 4.52. The number of pyridine rings is 1. The topological polar surface area (TPSA) is 54.3 Å². The number of nitrogens with one attached hydrogen (secondary N) is 1. The number of fused-ring (bicyclic) bond motifs is 1. The molecule has 5 nitrogen and oxygen atoms in total. The Bertz CT molecular complexity index is 732. The normalized spacial score (nSPS) is 13.9. The van der Waals surface area contributed by atoms with Crippen molar-refractivity contribution in [2.45, 2.75) is 6.92 Å². The first-order chi connectivity index (χ1) is 9.56. The van der Waals surface area contributed by atoms with E-state index in [2.05, 4.69) is 5.32 Å². The largest absolute Gasteiger partial charge is 0.363 e. The molecule has 1 aliphatic rings. The number of carbonyl (C=O) groups is 1. The maximum Gasteiger partial charge on any atom is 0.281 e. The summed E-state index contributed by atoms with van der Waals surface area (Å²) in [5.74, 6) is -0.168. The zero-order valence-electron chi connectivity index (χ0n) is 11.4. The summed E-state index contributed by atoms with van der Waals surface area (Å²) in [7, 11) is 1.80. The molecule has 102 valence electrons. The minimum atomic E-state index is -0.216. The van der Waals surface area contributed by atoms with E-state index in [1.54, 1.807) is 18.1 Å². The van der Waals surface area contributed by atoms with Crippen LogP contribution in [0.5, 0.6) is 0 Å². The predicted molar refractivity (Wildman–Crippen MR) is 78.7 cm³/mol. The minimum absolute atomic E-state index is 0.168. The van der Waals surface area contributed by atoms with Crippen LogP contribution in [-0.2, 0) is 4.79 Å². The maximum atomic E-state index is 12.5. The molecule has 20 heavy (non-hydrogen) atoms. The third-order valence-corrected chi connectivity index (χ3v) is 3.44. The van der Waals surface area contributed by atoms with Crippen molar-refractivity contribution >= 4 is 17.3 Å². The first-order valence-electron chi connectivity index (χ1n) is 6.40. The Balaban J connectivity index is 2.16. The van der Waals surface area contributed by atoms with Gasteiger partial charge in [-0.05, 0) is 25.1 Å². The fraction of sp³-hybridized carbons (Fsp3) is 0.200. The average Bonchev–Trinajstić information content (AvgIpc) is 2.41. The number of hydrogen-bond donors (Lipinski definition) is 1. The Kier molecular flexibility index (Phi) is 2.82. The van der Waals surface area contributed by atoms with Crippen LogP contribution in [0.15, 0.2) is 41.3 Å². The number of likely N-dealkylation sites (N-methyl/N-ethyl adjacent to an activating group) is 1. The van der Waals surface area contributed by atoms with Gasteiger partial charge in [-0.3, -0.25) is 14.2 Å². The van der Waals surface area contributed by atoms with Crippen LogP contribution in [-0.4, -0.2) is 24.1 Å². The Hall–Kier alpha value is -2.56. The average molecular weight is 269 g/mol. The summed E-state index contributed by atoms with van der Waals surface area (Å²) >= 11 is 0. The molecule has 2 aromatic rings. The van der Waals surface area contributed by atoms with Gasteiger partial charge in [0.1, 0.15) is 5.69 Å². The highest BCUT2D eigenvalue weighted by Gasteiger charge is 2.22. The van der Waals surface area contributed by atoms with Crippen LogP contribution in [0.4, 0.5) is 11.4 Å². The molecular weight excluding hydrogens is 254 g/mol. The molecular formula is C15H15N3O2.